The Balaban J connectivity index is 2.22. The summed E-state index contributed by atoms with van der Waals surface area (Å²) in [5.41, 5.74) is 5.93. The fourth-order valence-electron chi connectivity index (χ4n) is 1.21. The lowest BCUT2D eigenvalue weighted by molar-refractivity contribution is 0.476. The predicted octanol–water partition coefficient (Wildman–Crippen LogP) is 3.13. The molecule has 0 spiro atoms. The lowest BCUT2D eigenvalue weighted by Gasteiger charge is -2.03. The Hall–Kier alpha value is -1.61. The Bertz CT molecular complexity index is 456. The van der Waals surface area contributed by atoms with Crippen molar-refractivity contribution in [1.82, 2.24) is 0 Å². The predicted molar refractivity (Wildman–Crippen MR) is 63.1 cm³/mol. The topological polar surface area (TPSA) is 46.2 Å². The zero-order valence-electron chi connectivity index (χ0n) is 8.05. The molecule has 0 saturated carbocycles. The van der Waals surface area contributed by atoms with Crippen molar-refractivity contribution in [2.75, 3.05) is 5.73 Å². The zero-order valence-corrected chi connectivity index (χ0v) is 8.87. The molecule has 0 aliphatic carbocycles. The summed E-state index contributed by atoms with van der Waals surface area (Å²) in [5.74, 6) is 0.135. The Morgan fingerprint density at radius 1 is 0.933 bits per heavy atom. The van der Waals surface area contributed by atoms with Gasteiger partial charge in [0.1, 0.15) is 5.75 Å². The van der Waals surface area contributed by atoms with E-state index in [1.54, 1.807) is 23.9 Å². The van der Waals surface area contributed by atoms with E-state index in [4.69, 9.17) is 5.73 Å². The zero-order chi connectivity index (χ0) is 10.7. The Morgan fingerprint density at radius 3 is 2.33 bits per heavy atom. The molecule has 0 atom stereocenters. The number of rotatable bonds is 2. The quantitative estimate of drug-likeness (QED) is 0.600. The standard InChI is InChI=1S/C12H11NOS/c13-11-7-6-10(8-12(11)14)15-9-4-2-1-3-5-9/h1-8,14H,13H2. The van der Waals surface area contributed by atoms with E-state index >= 15 is 0 Å². The average Bonchev–Trinajstić information content (AvgIpc) is 2.25. The average molecular weight is 217 g/mol. The molecule has 76 valence electrons. The highest BCUT2D eigenvalue weighted by Crippen LogP contribution is 2.31. The molecular formula is C12H11NOS. The minimum absolute atomic E-state index is 0.135. The highest BCUT2D eigenvalue weighted by atomic mass is 32.2. The molecule has 0 aliphatic rings. The molecule has 0 radical (unpaired) electrons. The maximum absolute atomic E-state index is 9.44. The van der Waals surface area contributed by atoms with Crippen LogP contribution < -0.4 is 5.73 Å². The van der Waals surface area contributed by atoms with Crippen molar-refractivity contribution in [3.8, 4) is 5.75 Å². The van der Waals surface area contributed by atoms with E-state index in [2.05, 4.69) is 0 Å². The van der Waals surface area contributed by atoms with Crippen LogP contribution in [0.1, 0.15) is 0 Å². The van der Waals surface area contributed by atoms with Gasteiger partial charge in [0.25, 0.3) is 0 Å². The van der Waals surface area contributed by atoms with E-state index in [9.17, 15) is 5.11 Å². The fourth-order valence-corrected chi connectivity index (χ4v) is 2.08. The molecule has 0 heterocycles. The van der Waals surface area contributed by atoms with Crippen molar-refractivity contribution in [2.45, 2.75) is 9.79 Å². The van der Waals surface area contributed by atoms with Crippen LogP contribution in [0.25, 0.3) is 0 Å². The molecule has 0 amide bonds. The number of hydrogen-bond donors (Lipinski definition) is 2. The van der Waals surface area contributed by atoms with Gasteiger partial charge in [0, 0.05) is 9.79 Å². The number of anilines is 1. The van der Waals surface area contributed by atoms with Crippen LogP contribution in [0.4, 0.5) is 5.69 Å². The maximum atomic E-state index is 9.44. The van der Waals surface area contributed by atoms with Crippen molar-refractivity contribution >= 4 is 17.4 Å². The highest BCUT2D eigenvalue weighted by molar-refractivity contribution is 7.99. The minimum Gasteiger partial charge on any atom is -0.506 e. The number of phenols is 1. The Kier molecular flexibility index (Phi) is 2.83. The van der Waals surface area contributed by atoms with E-state index in [1.165, 1.54) is 0 Å². The third-order valence-corrected chi connectivity index (χ3v) is 2.98. The molecule has 0 unspecified atom stereocenters. The van der Waals surface area contributed by atoms with Crippen LogP contribution in [0.15, 0.2) is 58.3 Å². The Morgan fingerprint density at radius 2 is 1.67 bits per heavy atom. The lowest BCUT2D eigenvalue weighted by atomic mass is 10.3. The molecule has 2 aromatic carbocycles. The Labute approximate surface area is 92.7 Å². The number of benzene rings is 2. The van der Waals surface area contributed by atoms with Crippen LogP contribution in [-0.2, 0) is 0 Å². The van der Waals surface area contributed by atoms with Crippen LogP contribution >= 0.6 is 11.8 Å². The molecule has 0 aliphatic heterocycles. The first-order valence-corrected chi connectivity index (χ1v) is 5.39. The lowest BCUT2D eigenvalue weighted by Crippen LogP contribution is -1.84. The van der Waals surface area contributed by atoms with Gasteiger partial charge in [-0.2, -0.15) is 0 Å². The van der Waals surface area contributed by atoms with Crippen LogP contribution in [0.2, 0.25) is 0 Å². The van der Waals surface area contributed by atoms with Crippen LogP contribution in [0.3, 0.4) is 0 Å². The number of hydrogen-bond acceptors (Lipinski definition) is 3. The second-order valence-corrected chi connectivity index (χ2v) is 4.28. The second-order valence-electron chi connectivity index (χ2n) is 3.14. The van der Waals surface area contributed by atoms with Gasteiger partial charge < -0.3 is 10.8 Å². The van der Waals surface area contributed by atoms with Gasteiger partial charge in [-0.25, -0.2) is 0 Å². The number of nitrogens with two attached hydrogens (primary N) is 1. The summed E-state index contributed by atoms with van der Waals surface area (Å²) in [5, 5.41) is 9.44. The summed E-state index contributed by atoms with van der Waals surface area (Å²) < 4.78 is 0. The summed E-state index contributed by atoms with van der Waals surface area (Å²) in [6, 6.07) is 15.3. The van der Waals surface area contributed by atoms with E-state index in [0.29, 0.717) is 5.69 Å². The number of aromatic hydroxyl groups is 1. The smallest absolute Gasteiger partial charge is 0.139 e. The third-order valence-electron chi connectivity index (χ3n) is 1.98. The molecule has 0 fully saturated rings. The first kappa shape index (κ1) is 9.93. The van der Waals surface area contributed by atoms with Crippen molar-refractivity contribution in [2.24, 2.45) is 0 Å². The molecule has 15 heavy (non-hydrogen) atoms. The highest BCUT2D eigenvalue weighted by Gasteiger charge is 2.00. The van der Waals surface area contributed by atoms with Crippen LogP contribution in [0.5, 0.6) is 5.75 Å². The fraction of sp³-hybridized carbons (Fsp3) is 0. The van der Waals surface area contributed by atoms with Gasteiger partial charge in [0.2, 0.25) is 0 Å². The van der Waals surface area contributed by atoms with E-state index in [-0.39, 0.29) is 5.75 Å². The molecule has 3 N–H and O–H groups in total. The minimum atomic E-state index is 0.135. The maximum Gasteiger partial charge on any atom is 0.139 e. The SMILES string of the molecule is Nc1ccc(Sc2ccccc2)cc1O. The van der Waals surface area contributed by atoms with Crippen molar-refractivity contribution in [1.29, 1.82) is 0 Å². The second kappa shape index (κ2) is 4.28. The third kappa shape index (κ3) is 2.44. The number of nitrogen functional groups attached to an aromatic ring is 1. The molecule has 3 heteroatoms. The molecule has 2 rings (SSSR count). The van der Waals surface area contributed by atoms with Gasteiger partial charge in [0.15, 0.2) is 0 Å². The normalized spacial score (nSPS) is 10.1. The van der Waals surface area contributed by atoms with E-state index < -0.39 is 0 Å². The molecule has 2 aromatic rings. The van der Waals surface area contributed by atoms with E-state index in [0.717, 1.165) is 9.79 Å². The molecule has 0 bridgehead atoms. The summed E-state index contributed by atoms with van der Waals surface area (Å²) in [6.07, 6.45) is 0. The van der Waals surface area contributed by atoms with Crippen molar-refractivity contribution in [3.63, 3.8) is 0 Å². The monoisotopic (exact) mass is 217 g/mol. The molecule has 2 nitrogen and oxygen atoms in total. The summed E-state index contributed by atoms with van der Waals surface area (Å²) in [4.78, 5) is 2.12. The molecule has 0 saturated heterocycles. The molecule has 0 aromatic heterocycles. The van der Waals surface area contributed by atoms with Gasteiger partial charge in [-0.3, -0.25) is 0 Å². The van der Waals surface area contributed by atoms with Crippen molar-refractivity contribution < 1.29 is 5.11 Å². The largest absolute Gasteiger partial charge is 0.506 e. The molecular weight excluding hydrogens is 206 g/mol. The first-order chi connectivity index (χ1) is 7.25. The van der Waals surface area contributed by atoms with Gasteiger partial charge in [0.05, 0.1) is 5.69 Å². The van der Waals surface area contributed by atoms with Gasteiger partial charge in [-0.05, 0) is 30.3 Å². The van der Waals surface area contributed by atoms with E-state index in [1.807, 2.05) is 36.4 Å². The van der Waals surface area contributed by atoms with Crippen LogP contribution in [0, 0.1) is 0 Å². The summed E-state index contributed by atoms with van der Waals surface area (Å²) >= 11 is 1.59. The van der Waals surface area contributed by atoms with Gasteiger partial charge >= 0.3 is 0 Å². The van der Waals surface area contributed by atoms with Crippen molar-refractivity contribution in [3.05, 3.63) is 48.5 Å². The number of phenolic OH excluding ortho intramolecular Hbond substituents is 1. The summed E-state index contributed by atoms with van der Waals surface area (Å²) in [7, 11) is 0. The first-order valence-electron chi connectivity index (χ1n) is 4.57. The van der Waals surface area contributed by atoms with Crippen LogP contribution in [-0.4, -0.2) is 5.11 Å². The van der Waals surface area contributed by atoms with Gasteiger partial charge in [-0.15, -0.1) is 0 Å². The summed E-state index contributed by atoms with van der Waals surface area (Å²) in [6.45, 7) is 0. The van der Waals surface area contributed by atoms with Gasteiger partial charge in [-0.1, -0.05) is 30.0 Å².